The summed E-state index contributed by atoms with van der Waals surface area (Å²) in [5.41, 5.74) is 6.24. The van der Waals surface area contributed by atoms with Gasteiger partial charge >= 0.3 is 0 Å². The van der Waals surface area contributed by atoms with Crippen LogP contribution in [0.15, 0.2) is 60.7 Å². The average Bonchev–Trinajstić information content (AvgIpc) is 3.31. The van der Waals surface area contributed by atoms with Crippen molar-refractivity contribution < 1.29 is 23.0 Å². The van der Waals surface area contributed by atoms with Gasteiger partial charge in [-0.1, -0.05) is 30.3 Å². The SMILES string of the molecule is BC(B)(CCF)N1CC[C@H](Oc2ccc(C3=C(c4ccc(C)cc4F)CCCc4cc(OF)ccc43)cc2)C1. The van der Waals surface area contributed by atoms with Crippen LogP contribution in [-0.2, 0) is 6.42 Å². The standard InChI is InChI=1S/C31H34B2F3NO2/c1-20-5-11-27(29(35)17-20)28-4-2-3-22-18-24(39-36)10-12-26(22)30(28)21-6-8-23(9-7-21)38-25-13-16-37(19-25)31(32,33)14-15-34/h5-12,17-18,25H,2-4,13-16,19,32-33H2,1H3/t25-/m0/s1. The predicted octanol–water partition coefficient (Wildman–Crippen LogP) is 5.43. The Morgan fingerprint density at radius 3 is 2.44 bits per heavy atom. The first-order valence-electron chi connectivity index (χ1n) is 13.8. The lowest BCUT2D eigenvalue weighted by atomic mass is 9.59. The van der Waals surface area contributed by atoms with E-state index in [0.29, 0.717) is 18.4 Å². The Labute approximate surface area is 230 Å². The highest BCUT2D eigenvalue weighted by molar-refractivity contribution is 6.39. The molecule has 0 bridgehead atoms. The van der Waals surface area contributed by atoms with Gasteiger partial charge in [-0.15, -0.1) is 0 Å². The van der Waals surface area contributed by atoms with Crippen molar-refractivity contribution in [3.63, 3.8) is 0 Å². The van der Waals surface area contributed by atoms with E-state index in [-0.39, 0.29) is 29.7 Å². The van der Waals surface area contributed by atoms with E-state index in [9.17, 15) is 8.92 Å². The number of fused-ring (bicyclic) bond motifs is 1. The molecule has 1 atom stereocenters. The minimum atomic E-state index is -0.327. The molecule has 0 N–H and O–H groups in total. The van der Waals surface area contributed by atoms with Crippen LogP contribution in [0.25, 0.3) is 11.1 Å². The zero-order chi connectivity index (χ0) is 27.6. The quantitative estimate of drug-likeness (QED) is 0.363. The van der Waals surface area contributed by atoms with Crippen molar-refractivity contribution in [3.05, 3.63) is 94.3 Å². The lowest BCUT2D eigenvalue weighted by Gasteiger charge is -2.35. The van der Waals surface area contributed by atoms with Crippen molar-refractivity contribution in [1.82, 2.24) is 4.90 Å². The largest absolute Gasteiger partial charge is 0.489 e. The van der Waals surface area contributed by atoms with Crippen LogP contribution in [0.4, 0.5) is 13.3 Å². The molecule has 0 radical (unpaired) electrons. The lowest BCUT2D eigenvalue weighted by Crippen LogP contribution is -2.49. The van der Waals surface area contributed by atoms with Gasteiger partial charge in [0.15, 0.2) is 5.75 Å². The van der Waals surface area contributed by atoms with Crippen molar-refractivity contribution >= 4 is 26.8 Å². The number of rotatable bonds is 8. The van der Waals surface area contributed by atoms with E-state index < -0.39 is 0 Å². The number of benzene rings is 3. The highest BCUT2D eigenvalue weighted by Crippen LogP contribution is 2.42. The fourth-order valence-electron chi connectivity index (χ4n) is 5.93. The number of halogens is 3. The Balaban J connectivity index is 1.48. The van der Waals surface area contributed by atoms with Crippen LogP contribution in [0.5, 0.6) is 11.5 Å². The minimum absolute atomic E-state index is 0.0453. The summed E-state index contributed by atoms with van der Waals surface area (Å²) in [4.78, 5) is 6.31. The molecule has 0 unspecified atom stereocenters. The molecular weight excluding hydrogens is 497 g/mol. The maximum absolute atomic E-state index is 15.3. The first-order chi connectivity index (χ1) is 18.8. The molecule has 8 heteroatoms. The summed E-state index contributed by atoms with van der Waals surface area (Å²) in [6, 6.07) is 18.5. The molecule has 3 aromatic rings. The number of allylic oxidation sites excluding steroid dienone is 1. The Kier molecular flexibility index (Phi) is 8.13. The molecule has 0 spiro atoms. The summed E-state index contributed by atoms with van der Waals surface area (Å²) < 4.78 is 47.6. The van der Waals surface area contributed by atoms with Crippen LogP contribution >= 0.6 is 0 Å². The van der Waals surface area contributed by atoms with Gasteiger partial charge in [0.25, 0.3) is 0 Å². The predicted molar refractivity (Wildman–Crippen MR) is 156 cm³/mol. The van der Waals surface area contributed by atoms with Gasteiger partial charge in [-0.25, -0.2) is 4.39 Å². The van der Waals surface area contributed by atoms with Gasteiger partial charge in [0.2, 0.25) is 0 Å². The third kappa shape index (κ3) is 5.91. The van der Waals surface area contributed by atoms with Crippen molar-refractivity contribution in [2.45, 2.75) is 50.5 Å². The van der Waals surface area contributed by atoms with E-state index in [1.165, 1.54) is 0 Å². The molecule has 1 aliphatic heterocycles. The molecule has 1 heterocycles. The fourth-order valence-corrected chi connectivity index (χ4v) is 5.93. The van der Waals surface area contributed by atoms with E-state index >= 15 is 4.39 Å². The van der Waals surface area contributed by atoms with E-state index in [2.05, 4.69) is 25.5 Å². The molecule has 2 aliphatic rings. The zero-order valence-electron chi connectivity index (χ0n) is 22.9. The van der Waals surface area contributed by atoms with Crippen LogP contribution < -0.4 is 9.68 Å². The molecule has 39 heavy (non-hydrogen) atoms. The summed E-state index contributed by atoms with van der Waals surface area (Å²) in [7, 11) is 4.17. The molecule has 202 valence electrons. The molecule has 3 aromatic carbocycles. The summed E-state index contributed by atoms with van der Waals surface area (Å²) in [6.45, 7) is 3.21. The zero-order valence-corrected chi connectivity index (χ0v) is 22.9. The number of likely N-dealkylation sites (tertiary alicyclic amines) is 1. The molecular formula is C31H34B2F3NO2. The van der Waals surface area contributed by atoms with Crippen LogP contribution in [0.1, 0.15) is 53.5 Å². The van der Waals surface area contributed by atoms with Crippen LogP contribution in [0.2, 0.25) is 0 Å². The van der Waals surface area contributed by atoms with E-state index in [1.807, 2.05) is 49.4 Å². The molecule has 0 saturated carbocycles. The van der Waals surface area contributed by atoms with Gasteiger partial charge in [-0.3, -0.25) is 9.33 Å². The topological polar surface area (TPSA) is 21.7 Å². The summed E-state index contributed by atoms with van der Waals surface area (Å²) in [5, 5.41) is -0.190. The molecule has 0 amide bonds. The van der Waals surface area contributed by atoms with Gasteiger partial charge < -0.3 is 9.64 Å². The van der Waals surface area contributed by atoms with Gasteiger partial charge in [0.05, 0.1) is 6.67 Å². The third-order valence-electron chi connectivity index (χ3n) is 8.21. The smallest absolute Gasteiger partial charge is 0.172 e. The number of aryl methyl sites for hydroxylation is 2. The highest BCUT2D eigenvalue weighted by Gasteiger charge is 2.34. The number of hydrogen-bond acceptors (Lipinski definition) is 3. The second kappa shape index (κ2) is 11.5. The van der Waals surface area contributed by atoms with Gasteiger partial charge in [-0.2, -0.15) is 0 Å². The first kappa shape index (κ1) is 27.4. The maximum atomic E-state index is 15.3. The Hall–Kier alpha value is -3.12. The molecule has 1 saturated heterocycles. The van der Waals surface area contributed by atoms with Crippen LogP contribution in [0.3, 0.4) is 0 Å². The van der Waals surface area contributed by atoms with Crippen molar-refractivity contribution in [2.24, 2.45) is 0 Å². The molecule has 0 aromatic heterocycles. The van der Waals surface area contributed by atoms with Gasteiger partial charge in [0, 0.05) is 23.2 Å². The number of ether oxygens (including phenoxy) is 1. The molecule has 1 aliphatic carbocycles. The normalized spacial score (nSPS) is 18.1. The van der Waals surface area contributed by atoms with Crippen LogP contribution in [0, 0.1) is 12.7 Å². The summed E-state index contributed by atoms with van der Waals surface area (Å²) >= 11 is 0. The highest BCUT2D eigenvalue weighted by atomic mass is 19.3. The molecule has 3 nitrogen and oxygen atoms in total. The van der Waals surface area contributed by atoms with Gasteiger partial charge in [0.1, 0.15) is 33.4 Å². The molecule has 1 fully saturated rings. The Bertz CT molecular complexity index is 1360. The molecule has 5 rings (SSSR count). The van der Waals surface area contributed by atoms with E-state index in [1.54, 1.807) is 18.2 Å². The minimum Gasteiger partial charge on any atom is -0.489 e. The Morgan fingerprint density at radius 2 is 1.72 bits per heavy atom. The summed E-state index contributed by atoms with van der Waals surface area (Å²) in [6.07, 6.45) is 3.70. The number of hydrogen-bond donors (Lipinski definition) is 0. The Morgan fingerprint density at radius 1 is 0.974 bits per heavy atom. The van der Waals surface area contributed by atoms with E-state index in [4.69, 9.17) is 4.74 Å². The number of nitrogens with zero attached hydrogens (tertiary/aromatic N) is 1. The summed E-state index contributed by atoms with van der Waals surface area (Å²) in [5.74, 6) is 0.700. The first-order valence-corrected chi connectivity index (χ1v) is 13.8. The fraction of sp³-hybridized carbons (Fsp3) is 0.355. The third-order valence-corrected chi connectivity index (χ3v) is 8.21. The maximum Gasteiger partial charge on any atom is 0.172 e. The second-order valence-electron chi connectivity index (χ2n) is 11.3. The van der Waals surface area contributed by atoms with Crippen molar-refractivity contribution in [3.8, 4) is 11.5 Å². The van der Waals surface area contributed by atoms with Gasteiger partial charge in [-0.05, 0) is 108 Å². The van der Waals surface area contributed by atoms with E-state index in [0.717, 1.165) is 71.5 Å². The monoisotopic (exact) mass is 531 g/mol. The second-order valence-corrected chi connectivity index (χ2v) is 11.3. The van der Waals surface area contributed by atoms with Crippen molar-refractivity contribution in [1.29, 1.82) is 0 Å². The number of alkyl halides is 1. The van der Waals surface area contributed by atoms with Crippen molar-refractivity contribution in [2.75, 3.05) is 19.8 Å². The average molecular weight is 531 g/mol. The van der Waals surface area contributed by atoms with Crippen LogP contribution in [-0.4, -0.2) is 51.8 Å². The lowest BCUT2D eigenvalue weighted by molar-refractivity contribution is -0.00629.